The number of nitrogens with two attached hydrogens (primary N) is 1. The fraction of sp³-hybridized carbons (Fsp3) is 0.0714. The summed E-state index contributed by atoms with van der Waals surface area (Å²) in [5.41, 5.74) is 7.87. The minimum absolute atomic E-state index is 0.131. The number of hydrogen-bond acceptors (Lipinski definition) is 2. The average molecular weight is 242 g/mol. The molecule has 2 aromatic carbocycles. The van der Waals surface area contributed by atoms with Crippen molar-refractivity contribution in [3.05, 3.63) is 66.2 Å². The van der Waals surface area contributed by atoms with Gasteiger partial charge in [-0.15, -0.1) is 0 Å². The molecule has 2 nitrogen and oxygen atoms in total. The lowest BCUT2D eigenvalue weighted by molar-refractivity contribution is 1.04. The fourth-order valence-corrected chi connectivity index (χ4v) is 1.86. The van der Waals surface area contributed by atoms with Crippen molar-refractivity contribution >= 4 is 22.9 Å². The first-order valence-electron chi connectivity index (χ1n) is 5.43. The quantitative estimate of drug-likeness (QED) is 0.809. The fourth-order valence-electron chi connectivity index (χ4n) is 1.67. The third-order valence-corrected chi connectivity index (χ3v) is 2.74. The molecule has 0 bridgehead atoms. The van der Waals surface area contributed by atoms with Gasteiger partial charge in [0.15, 0.2) is 0 Å². The molecule has 0 radical (unpaired) electrons. The van der Waals surface area contributed by atoms with E-state index >= 15 is 0 Å². The highest BCUT2D eigenvalue weighted by Gasteiger charge is 2.13. The average Bonchev–Trinajstić information content (AvgIpc) is 2.38. The van der Waals surface area contributed by atoms with E-state index < -0.39 is 0 Å². The Balaban J connectivity index is 2.23. The molecule has 0 spiro atoms. The van der Waals surface area contributed by atoms with E-state index in [1.165, 1.54) is 0 Å². The topological polar surface area (TPSA) is 38.0 Å². The molecule has 17 heavy (non-hydrogen) atoms. The van der Waals surface area contributed by atoms with Crippen molar-refractivity contribution in [2.75, 3.05) is 5.32 Å². The van der Waals surface area contributed by atoms with Crippen molar-refractivity contribution in [3.8, 4) is 0 Å². The molecule has 2 aromatic rings. The summed E-state index contributed by atoms with van der Waals surface area (Å²) in [6.07, 6.45) is 0. The second kappa shape index (κ2) is 5.46. The molecule has 0 fully saturated rings. The Morgan fingerprint density at radius 1 is 0.941 bits per heavy atom. The summed E-state index contributed by atoms with van der Waals surface area (Å²) in [7, 11) is 0. The molecule has 3 heteroatoms. The van der Waals surface area contributed by atoms with Gasteiger partial charge in [0.2, 0.25) is 0 Å². The van der Waals surface area contributed by atoms with E-state index in [4.69, 9.17) is 18.0 Å². The standard InChI is InChI=1S/C14H14N2S/c15-14(17)13(11-7-3-1-4-8-11)16-12-9-5-2-6-10-12/h1-10,13,16H,(H2,15,17). The van der Waals surface area contributed by atoms with Gasteiger partial charge in [-0.3, -0.25) is 0 Å². The third-order valence-electron chi connectivity index (χ3n) is 2.50. The van der Waals surface area contributed by atoms with Crippen LogP contribution < -0.4 is 11.1 Å². The monoisotopic (exact) mass is 242 g/mol. The molecule has 0 saturated carbocycles. The largest absolute Gasteiger partial charge is 0.391 e. The summed E-state index contributed by atoms with van der Waals surface area (Å²) in [4.78, 5) is 0.444. The van der Waals surface area contributed by atoms with Crippen LogP contribution in [-0.2, 0) is 0 Å². The van der Waals surface area contributed by atoms with Crippen LogP contribution in [0.25, 0.3) is 0 Å². The predicted octanol–water partition coefficient (Wildman–Crippen LogP) is 3.13. The molecule has 0 aliphatic rings. The molecule has 1 atom stereocenters. The van der Waals surface area contributed by atoms with E-state index in [9.17, 15) is 0 Å². The van der Waals surface area contributed by atoms with Crippen LogP contribution in [-0.4, -0.2) is 4.99 Å². The maximum absolute atomic E-state index is 5.79. The SMILES string of the molecule is NC(=S)C(Nc1ccccc1)c1ccccc1. The van der Waals surface area contributed by atoms with Crippen LogP contribution in [0.1, 0.15) is 11.6 Å². The van der Waals surface area contributed by atoms with Gasteiger partial charge in [-0.25, -0.2) is 0 Å². The smallest absolute Gasteiger partial charge is 0.102 e. The second-order valence-electron chi connectivity index (χ2n) is 3.76. The predicted molar refractivity (Wildman–Crippen MR) is 76.0 cm³/mol. The maximum atomic E-state index is 5.79. The molecular weight excluding hydrogens is 228 g/mol. The zero-order chi connectivity index (χ0) is 12.1. The van der Waals surface area contributed by atoms with Crippen LogP contribution in [0.3, 0.4) is 0 Å². The molecule has 86 valence electrons. The molecule has 0 aliphatic heterocycles. The van der Waals surface area contributed by atoms with E-state index in [0.717, 1.165) is 11.3 Å². The number of thiocarbonyl (C=S) groups is 1. The van der Waals surface area contributed by atoms with Crippen LogP contribution >= 0.6 is 12.2 Å². The lowest BCUT2D eigenvalue weighted by Crippen LogP contribution is -2.25. The van der Waals surface area contributed by atoms with Crippen LogP contribution in [0.2, 0.25) is 0 Å². The normalized spacial score (nSPS) is 11.8. The number of para-hydroxylation sites is 1. The van der Waals surface area contributed by atoms with E-state index in [0.29, 0.717) is 4.99 Å². The van der Waals surface area contributed by atoms with Crippen molar-refractivity contribution in [3.63, 3.8) is 0 Å². The van der Waals surface area contributed by atoms with Gasteiger partial charge >= 0.3 is 0 Å². The van der Waals surface area contributed by atoms with Gasteiger partial charge < -0.3 is 11.1 Å². The molecule has 0 aliphatic carbocycles. The van der Waals surface area contributed by atoms with Gasteiger partial charge in [0, 0.05) is 5.69 Å². The first-order valence-corrected chi connectivity index (χ1v) is 5.84. The van der Waals surface area contributed by atoms with Gasteiger partial charge in [0.05, 0.1) is 4.99 Å². The molecule has 2 rings (SSSR count). The first kappa shape index (κ1) is 11.6. The highest BCUT2D eigenvalue weighted by molar-refractivity contribution is 7.80. The summed E-state index contributed by atoms with van der Waals surface area (Å²) in [6.45, 7) is 0. The Morgan fingerprint density at radius 3 is 2.00 bits per heavy atom. The molecule has 0 saturated heterocycles. The molecule has 0 amide bonds. The van der Waals surface area contributed by atoms with E-state index in [-0.39, 0.29) is 6.04 Å². The zero-order valence-corrected chi connectivity index (χ0v) is 10.2. The van der Waals surface area contributed by atoms with Gasteiger partial charge in [-0.1, -0.05) is 60.7 Å². The maximum Gasteiger partial charge on any atom is 0.102 e. The van der Waals surface area contributed by atoms with Gasteiger partial charge in [-0.05, 0) is 17.7 Å². The third kappa shape index (κ3) is 3.04. The van der Waals surface area contributed by atoms with E-state index in [1.54, 1.807) is 0 Å². The Morgan fingerprint density at radius 2 is 1.47 bits per heavy atom. The van der Waals surface area contributed by atoms with Crippen LogP contribution in [0.15, 0.2) is 60.7 Å². The zero-order valence-electron chi connectivity index (χ0n) is 9.34. The number of hydrogen-bond donors (Lipinski definition) is 2. The van der Waals surface area contributed by atoms with E-state index in [2.05, 4.69) is 5.32 Å². The minimum Gasteiger partial charge on any atom is -0.391 e. The van der Waals surface area contributed by atoms with E-state index in [1.807, 2.05) is 60.7 Å². The Kier molecular flexibility index (Phi) is 3.73. The molecule has 1 unspecified atom stereocenters. The summed E-state index contributed by atoms with van der Waals surface area (Å²) >= 11 is 5.11. The lowest BCUT2D eigenvalue weighted by Gasteiger charge is -2.19. The summed E-state index contributed by atoms with van der Waals surface area (Å²) in [6, 6.07) is 19.7. The summed E-state index contributed by atoms with van der Waals surface area (Å²) in [5.74, 6) is 0. The number of rotatable bonds is 4. The van der Waals surface area contributed by atoms with Crippen molar-refractivity contribution in [2.45, 2.75) is 6.04 Å². The Bertz CT molecular complexity index is 482. The highest BCUT2D eigenvalue weighted by Crippen LogP contribution is 2.19. The molecule has 3 N–H and O–H groups in total. The van der Waals surface area contributed by atoms with Crippen LogP contribution in [0.4, 0.5) is 5.69 Å². The minimum atomic E-state index is -0.131. The van der Waals surface area contributed by atoms with Crippen molar-refractivity contribution in [2.24, 2.45) is 5.73 Å². The van der Waals surface area contributed by atoms with Crippen LogP contribution in [0.5, 0.6) is 0 Å². The van der Waals surface area contributed by atoms with Gasteiger partial charge in [0.25, 0.3) is 0 Å². The first-order chi connectivity index (χ1) is 8.27. The number of benzene rings is 2. The molecule has 0 heterocycles. The number of nitrogens with one attached hydrogen (secondary N) is 1. The van der Waals surface area contributed by atoms with Crippen molar-refractivity contribution in [1.29, 1.82) is 0 Å². The Hall–Kier alpha value is -1.87. The van der Waals surface area contributed by atoms with Crippen molar-refractivity contribution < 1.29 is 0 Å². The Labute approximate surface area is 106 Å². The lowest BCUT2D eigenvalue weighted by atomic mass is 10.1. The molecule has 0 aromatic heterocycles. The van der Waals surface area contributed by atoms with Crippen molar-refractivity contribution in [1.82, 2.24) is 0 Å². The summed E-state index contributed by atoms with van der Waals surface area (Å²) in [5, 5.41) is 3.33. The van der Waals surface area contributed by atoms with Crippen LogP contribution in [0, 0.1) is 0 Å². The van der Waals surface area contributed by atoms with Gasteiger partial charge in [0.1, 0.15) is 6.04 Å². The molecular formula is C14H14N2S. The highest BCUT2D eigenvalue weighted by atomic mass is 32.1. The number of anilines is 1. The second-order valence-corrected chi connectivity index (χ2v) is 4.23. The summed E-state index contributed by atoms with van der Waals surface area (Å²) < 4.78 is 0. The van der Waals surface area contributed by atoms with Gasteiger partial charge in [-0.2, -0.15) is 0 Å².